The second kappa shape index (κ2) is 6.86. The monoisotopic (exact) mass is 185 g/mol. The summed E-state index contributed by atoms with van der Waals surface area (Å²) in [5, 5.41) is 2.81. The van der Waals surface area contributed by atoms with E-state index in [9.17, 15) is 0 Å². The van der Waals surface area contributed by atoms with Gasteiger partial charge in [0.2, 0.25) is 0 Å². The molecule has 0 heterocycles. The van der Waals surface area contributed by atoms with Crippen LogP contribution in [0.1, 0.15) is 0 Å². The SMILES string of the molecule is CNC(=S)SC.[Zn]. The van der Waals surface area contributed by atoms with E-state index in [0.29, 0.717) is 0 Å². The normalized spacial score (nSPS) is 6.57. The maximum atomic E-state index is 4.71. The smallest absolute Gasteiger partial charge is 0.133 e. The first-order valence-electron chi connectivity index (χ1n) is 1.57. The molecule has 0 saturated heterocycles. The van der Waals surface area contributed by atoms with E-state index in [1.807, 2.05) is 13.3 Å². The van der Waals surface area contributed by atoms with E-state index in [-0.39, 0.29) is 19.5 Å². The zero-order chi connectivity index (χ0) is 4.99. The van der Waals surface area contributed by atoms with Crippen molar-refractivity contribution in [2.75, 3.05) is 13.3 Å². The minimum absolute atomic E-state index is 0. The number of thioether (sulfide) groups is 1. The average Bonchev–Trinajstić information content (AvgIpc) is 1.65. The van der Waals surface area contributed by atoms with Crippen molar-refractivity contribution in [1.82, 2.24) is 5.32 Å². The first-order valence-corrected chi connectivity index (χ1v) is 3.20. The van der Waals surface area contributed by atoms with Crippen LogP contribution >= 0.6 is 24.0 Å². The summed E-state index contributed by atoms with van der Waals surface area (Å²) < 4.78 is 0.843. The molecule has 0 radical (unpaired) electrons. The third kappa shape index (κ3) is 6.86. The van der Waals surface area contributed by atoms with Crippen molar-refractivity contribution in [3.8, 4) is 0 Å². The van der Waals surface area contributed by atoms with Gasteiger partial charge in [0.1, 0.15) is 4.32 Å². The topological polar surface area (TPSA) is 12.0 Å². The molecule has 1 nitrogen and oxygen atoms in total. The molecule has 0 aliphatic carbocycles. The van der Waals surface area contributed by atoms with Crippen molar-refractivity contribution < 1.29 is 19.5 Å². The average molecular weight is 187 g/mol. The summed E-state index contributed by atoms with van der Waals surface area (Å²) >= 11 is 6.25. The van der Waals surface area contributed by atoms with Crippen molar-refractivity contribution in [2.45, 2.75) is 0 Å². The number of nitrogens with one attached hydrogen (secondary N) is 1. The van der Waals surface area contributed by atoms with E-state index in [4.69, 9.17) is 12.2 Å². The molecule has 0 fully saturated rings. The Labute approximate surface area is 66.4 Å². The van der Waals surface area contributed by atoms with Crippen LogP contribution in [0.25, 0.3) is 0 Å². The number of hydrogen-bond acceptors (Lipinski definition) is 2. The molecule has 0 spiro atoms. The Kier molecular flexibility index (Phi) is 10.6. The van der Waals surface area contributed by atoms with Gasteiger partial charge in [0, 0.05) is 26.5 Å². The third-order valence-electron chi connectivity index (χ3n) is 0.390. The van der Waals surface area contributed by atoms with Crippen molar-refractivity contribution in [3.63, 3.8) is 0 Å². The van der Waals surface area contributed by atoms with Gasteiger partial charge in [-0.25, -0.2) is 0 Å². The molecule has 0 aliphatic heterocycles. The Morgan fingerprint density at radius 3 is 2.14 bits per heavy atom. The van der Waals surface area contributed by atoms with Crippen LogP contribution in [0.3, 0.4) is 0 Å². The largest absolute Gasteiger partial charge is 0.374 e. The van der Waals surface area contributed by atoms with E-state index >= 15 is 0 Å². The van der Waals surface area contributed by atoms with E-state index in [1.54, 1.807) is 11.8 Å². The summed E-state index contributed by atoms with van der Waals surface area (Å²) in [4.78, 5) is 0. The molecular weight excluding hydrogens is 180 g/mol. The minimum Gasteiger partial charge on any atom is -0.374 e. The Morgan fingerprint density at radius 2 is 2.14 bits per heavy atom. The van der Waals surface area contributed by atoms with Crippen molar-refractivity contribution in [3.05, 3.63) is 0 Å². The second-order valence-corrected chi connectivity index (χ2v) is 2.22. The summed E-state index contributed by atoms with van der Waals surface area (Å²) in [6, 6.07) is 0. The van der Waals surface area contributed by atoms with Gasteiger partial charge >= 0.3 is 0 Å². The maximum absolute atomic E-state index is 4.71. The molecule has 0 atom stereocenters. The number of rotatable bonds is 0. The van der Waals surface area contributed by atoms with Crippen molar-refractivity contribution >= 4 is 28.3 Å². The van der Waals surface area contributed by atoms with Gasteiger partial charge in [0.05, 0.1) is 0 Å². The molecule has 0 amide bonds. The Hall–Kier alpha value is 0.863. The molecule has 38 valence electrons. The summed E-state index contributed by atoms with van der Waals surface area (Å²) in [6.07, 6.45) is 1.94. The minimum atomic E-state index is 0. The van der Waals surface area contributed by atoms with Crippen LogP contribution in [0.4, 0.5) is 0 Å². The Bertz CT molecular complexity index is 50.9. The Morgan fingerprint density at radius 1 is 1.71 bits per heavy atom. The maximum Gasteiger partial charge on any atom is 0.133 e. The molecular formula is C3H7NS2Zn. The van der Waals surface area contributed by atoms with Crippen molar-refractivity contribution in [2.24, 2.45) is 0 Å². The van der Waals surface area contributed by atoms with Crippen LogP contribution in [-0.4, -0.2) is 17.6 Å². The quantitative estimate of drug-likeness (QED) is 0.445. The van der Waals surface area contributed by atoms with Crippen LogP contribution < -0.4 is 5.32 Å². The third-order valence-corrected chi connectivity index (χ3v) is 1.67. The summed E-state index contributed by atoms with van der Waals surface area (Å²) in [5.74, 6) is 0. The van der Waals surface area contributed by atoms with Crippen molar-refractivity contribution in [1.29, 1.82) is 0 Å². The van der Waals surface area contributed by atoms with Gasteiger partial charge in [-0.15, -0.1) is 11.8 Å². The summed E-state index contributed by atoms with van der Waals surface area (Å²) in [7, 11) is 1.82. The molecule has 0 bridgehead atoms. The van der Waals surface area contributed by atoms with Gasteiger partial charge in [0.15, 0.2) is 0 Å². The molecule has 1 N–H and O–H groups in total. The molecule has 7 heavy (non-hydrogen) atoms. The fraction of sp³-hybridized carbons (Fsp3) is 0.667. The fourth-order valence-corrected chi connectivity index (χ4v) is 0.306. The van der Waals surface area contributed by atoms with E-state index < -0.39 is 0 Å². The predicted octanol–water partition coefficient (Wildman–Crippen LogP) is 0.851. The van der Waals surface area contributed by atoms with Crippen LogP contribution in [0.5, 0.6) is 0 Å². The molecule has 4 heteroatoms. The van der Waals surface area contributed by atoms with Gasteiger partial charge < -0.3 is 5.32 Å². The summed E-state index contributed by atoms with van der Waals surface area (Å²) in [5.41, 5.74) is 0. The molecule has 0 aromatic heterocycles. The van der Waals surface area contributed by atoms with Crippen LogP contribution in [-0.2, 0) is 19.5 Å². The molecule has 0 aromatic rings. The zero-order valence-electron chi connectivity index (χ0n) is 4.52. The van der Waals surface area contributed by atoms with Gasteiger partial charge in [0.25, 0.3) is 0 Å². The summed E-state index contributed by atoms with van der Waals surface area (Å²) in [6.45, 7) is 0. The first kappa shape index (κ1) is 10.8. The standard InChI is InChI=1S/C3H7NS2.Zn/c1-4-3(5)6-2;/h1-2H3,(H,4,5);. The molecule has 0 unspecified atom stereocenters. The van der Waals surface area contributed by atoms with Gasteiger partial charge in [-0.2, -0.15) is 0 Å². The van der Waals surface area contributed by atoms with E-state index in [0.717, 1.165) is 4.32 Å². The number of thiocarbonyl (C=S) groups is 1. The molecule has 0 aromatic carbocycles. The Balaban J connectivity index is 0. The molecule has 0 saturated carbocycles. The molecule has 0 aliphatic rings. The van der Waals surface area contributed by atoms with E-state index in [2.05, 4.69) is 5.32 Å². The van der Waals surface area contributed by atoms with Crippen LogP contribution in [0.15, 0.2) is 0 Å². The van der Waals surface area contributed by atoms with Gasteiger partial charge in [-0.3, -0.25) is 0 Å². The van der Waals surface area contributed by atoms with Crippen LogP contribution in [0.2, 0.25) is 0 Å². The fourth-order valence-electron chi connectivity index (χ4n) is 0.102. The van der Waals surface area contributed by atoms with Crippen LogP contribution in [0, 0.1) is 0 Å². The first-order chi connectivity index (χ1) is 2.81. The number of hydrogen-bond donors (Lipinski definition) is 1. The molecule has 0 rings (SSSR count). The zero-order valence-corrected chi connectivity index (χ0v) is 9.12. The van der Waals surface area contributed by atoms with Gasteiger partial charge in [-0.05, 0) is 6.26 Å². The second-order valence-electron chi connectivity index (χ2n) is 0.742. The van der Waals surface area contributed by atoms with E-state index in [1.165, 1.54) is 0 Å². The van der Waals surface area contributed by atoms with Gasteiger partial charge in [-0.1, -0.05) is 12.2 Å². The predicted molar refractivity (Wildman–Crippen MR) is 35.2 cm³/mol.